The van der Waals surface area contributed by atoms with Crippen LogP contribution >= 0.6 is 0 Å². The molecule has 0 bridgehead atoms. The highest BCUT2D eigenvalue weighted by molar-refractivity contribution is 5.72. The lowest BCUT2D eigenvalue weighted by Crippen LogP contribution is -2.16. The van der Waals surface area contributed by atoms with Crippen molar-refractivity contribution in [1.82, 2.24) is 0 Å². The number of ether oxygens (including phenoxy) is 2. The summed E-state index contributed by atoms with van der Waals surface area (Å²) in [7, 11) is 0. The minimum atomic E-state index is -0.496. The highest BCUT2D eigenvalue weighted by Gasteiger charge is 2.16. The summed E-state index contributed by atoms with van der Waals surface area (Å²) in [5.41, 5.74) is 0.513. The summed E-state index contributed by atoms with van der Waals surface area (Å²) in [5, 5.41) is 10.7. The Labute approximate surface area is 152 Å². The normalized spacial score (nSPS) is 14.6. The van der Waals surface area contributed by atoms with Crippen LogP contribution in [0.1, 0.15) is 56.9 Å². The van der Waals surface area contributed by atoms with Crippen LogP contribution < -0.4 is 0 Å². The summed E-state index contributed by atoms with van der Waals surface area (Å²) < 4.78 is 10.4. The predicted octanol–water partition coefficient (Wildman–Crippen LogP) is 3.93. The lowest BCUT2D eigenvalue weighted by molar-refractivity contribution is -0.384. The Morgan fingerprint density at radius 1 is 1.08 bits per heavy atom. The second kappa shape index (κ2) is 10.5. The first-order valence-corrected chi connectivity index (χ1v) is 9.09. The van der Waals surface area contributed by atoms with Crippen LogP contribution in [0, 0.1) is 16.0 Å². The summed E-state index contributed by atoms with van der Waals surface area (Å²) in [6.45, 7) is 0.461. The Morgan fingerprint density at radius 2 is 1.77 bits per heavy atom. The fourth-order valence-corrected chi connectivity index (χ4v) is 3.01. The maximum Gasteiger partial charge on any atom is 0.306 e. The molecule has 1 aliphatic rings. The van der Waals surface area contributed by atoms with E-state index in [2.05, 4.69) is 0 Å². The van der Waals surface area contributed by atoms with Crippen LogP contribution in [0.2, 0.25) is 0 Å². The molecule has 1 fully saturated rings. The summed E-state index contributed by atoms with van der Waals surface area (Å²) >= 11 is 0. The van der Waals surface area contributed by atoms with Crippen molar-refractivity contribution >= 4 is 17.6 Å². The van der Waals surface area contributed by atoms with Gasteiger partial charge in [0.2, 0.25) is 0 Å². The van der Waals surface area contributed by atoms with Gasteiger partial charge >= 0.3 is 11.9 Å². The van der Waals surface area contributed by atoms with Crippen LogP contribution in [0.5, 0.6) is 0 Å². The Balaban J connectivity index is 1.58. The number of hydrogen-bond donors (Lipinski definition) is 0. The summed E-state index contributed by atoms with van der Waals surface area (Å²) in [4.78, 5) is 33.6. The van der Waals surface area contributed by atoms with Gasteiger partial charge in [0.1, 0.15) is 6.61 Å². The van der Waals surface area contributed by atoms with Crippen molar-refractivity contribution < 1.29 is 24.0 Å². The van der Waals surface area contributed by atoms with E-state index in [0.29, 0.717) is 24.5 Å². The fourth-order valence-electron chi connectivity index (χ4n) is 3.01. The third-order valence-electron chi connectivity index (χ3n) is 4.49. The Bertz CT molecular complexity index is 624. The molecular weight excluding hydrogens is 338 g/mol. The molecule has 0 aliphatic heterocycles. The van der Waals surface area contributed by atoms with Crippen molar-refractivity contribution in [3.05, 3.63) is 39.9 Å². The molecule has 0 spiro atoms. The van der Waals surface area contributed by atoms with Gasteiger partial charge in [-0.3, -0.25) is 19.7 Å². The lowest BCUT2D eigenvalue weighted by Gasteiger charge is -2.20. The van der Waals surface area contributed by atoms with E-state index in [1.54, 1.807) is 12.1 Å². The lowest BCUT2D eigenvalue weighted by atomic mass is 9.90. The Morgan fingerprint density at radius 3 is 2.46 bits per heavy atom. The predicted molar refractivity (Wildman–Crippen MR) is 94.3 cm³/mol. The van der Waals surface area contributed by atoms with E-state index in [1.807, 2.05) is 0 Å². The molecule has 0 saturated heterocycles. The first-order chi connectivity index (χ1) is 12.5. The standard InChI is InChI=1S/C19H25NO6/c21-18(25-13-15-6-2-1-3-7-15)10-5-11-19(22)26-14-16-8-4-9-17(12-16)20(23)24/h4,8-9,12,15H,1-3,5-7,10-11,13-14H2. The van der Waals surface area contributed by atoms with Gasteiger partial charge in [-0.05, 0) is 30.7 Å². The summed E-state index contributed by atoms with van der Waals surface area (Å²) in [6.07, 6.45) is 6.61. The molecule has 0 aromatic heterocycles. The topological polar surface area (TPSA) is 95.7 Å². The van der Waals surface area contributed by atoms with Gasteiger partial charge in [-0.1, -0.05) is 31.4 Å². The molecule has 1 saturated carbocycles. The first-order valence-electron chi connectivity index (χ1n) is 9.09. The van der Waals surface area contributed by atoms with Crippen molar-refractivity contribution in [2.45, 2.75) is 58.0 Å². The molecular formula is C19H25NO6. The molecule has 0 unspecified atom stereocenters. The maximum atomic E-state index is 11.7. The minimum absolute atomic E-state index is 0.0212. The monoisotopic (exact) mass is 363 g/mol. The van der Waals surface area contributed by atoms with Crippen molar-refractivity contribution in [2.75, 3.05) is 6.61 Å². The second-order valence-corrected chi connectivity index (χ2v) is 6.63. The summed E-state index contributed by atoms with van der Waals surface area (Å²) in [5.74, 6) is -0.230. The van der Waals surface area contributed by atoms with E-state index in [1.165, 1.54) is 31.4 Å². The molecule has 7 nitrogen and oxygen atoms in total. The molecule has 1 aromatic rings. The van der Waals surface area contributed by atoms with Crippen LogP contribution in [0.4, 0.5) is 5.69 Å². The largest absolute Gasteiger partial charge is 0.465 e. The van der Waals surface area contributed by atoms with Crippen LogP contribution in [-0.4, -0.2) is 23.5 Å². The number of hydrogen-bond acceptors (Lipinski definition) is 6. The summed E-state index contributed by atoms with van der Waals surface area (Å²) in [6, 6.07) is 5.95. The zero-order chi connectivity index (χ0) is 18.8. The van der Waals surface area contributed by atoms with Gasteiger partial charge in [-0.2, -0.15) is 0 Å². The SMILES string of the molecule is O=C(CCCC(=O)OCC1CCCCC1)OCc1cccc([N+](=O)[O-])c1. The molecule has 1 aliphatic carbocycles. The minimum Gasteiger partial charge on any atom is -0.465 e. The van der Waals surface area contributed by atoms with Gasteiger partial charge < -0.3 is 9.47 Å². The van der Waals surface area contributed by atoms with Crippen molar-refractivity contribution in [3.63, 3.8) is 0 Å². The molecule has 0 radical (unpaired) electrons. The number of non-ortho nitro benzene ring substituents is 1. The van der Waals surface area contributed by atoms with Gasteiger partial charge in [0.05, 0.1) is 11.5 Å². The second-order valence-electron chi connectivity index (χ2n) is 6.63. The molecule has 0 N–H and O–H groups in total. The highest BCUT2D eigenvalue weighted by Crippen LogP contribution is 2.23. The third-order valence-corrected chi connectivity index (χ3v) is 4.49. The molecule has 0 heterocycles. The smallest absolute Gasteiger partial charge is 0.306 e. The quantitative estimate of drug-likeness (QED) is 0.375. The van der Waals surface area contributed by atoms with Gasteiger partial charge in [-0.15, -0.1) is 0 Å². The zero-order valence-corrected chi connectivity index (χ0v) is 14.9. The van der Waals surface area contributed by atoms with Crippen LogP contribution in [0.25, 0.3) is 0 Å². The average Bonchev–Trinajstić information content (AvgIpc) is 2.66. The Kier molecular flexibility index (Phi) is 8.05. The fraction of sp³-hybridized carbons (Fsp3) is 0.579. The first kappa shape index (κ1) is 19.9. The van der Waals surface area contributed by atoms with E-state index in [9.17, 15) is 19.7 Å². The Hall–Kier alpha value is -2.44. The number of carbonyl (C=O) groups is 2. The van der Waals surface area contributed by atoms with E-state index in [-0.39, 0.29) is 31.1 Å². The molecule has 26 heavy (non-hydrogen) atoms. The van der Waals surface area contributed by atoms with Crippen molar-refractivity contribution in [1.29, 1.82) is 0 Å². The van der Waals surface area contributed by atoms with Gasteiger partial charge in [0, 0.05) is 25.0 Å². The number of rotatable bonds is 9. The number of nitrogens with zero attached hydrogens (tertiary/aromatic N) is 1. The van der Waals surface area contributed by atoms with Crippen LogP contribution in [-0.2, 0) is 25.7 Å². The average molecular weight is 363 g/mol. The number of nitro groups is 1. The van der Waals surface area contributed by atoms with Crippen molar-refractivity contribution in [3.8, 4) is 0 Å². The van der Waals surface area contributed by atoms with Crippen LogP contribution in [0.3, 0.4) is 0 Å². The van der Waals surface area contributed by atoms with Crippen molar-refractivity contribution in [2.24, 2.45) is 5.92 Å². The zero-order valence-electron chi connectivity index (χ0n) is 14.9. The molecule has 1 aromatic carbocycles. The van der Waals surface area contributed by atoms with Gasteiger partial charge in [0.15, 0.2) is 0 Å². The van der Waals surface area contributed by atoms with E-state index >= 15 is 0 Å². The van der Waals surface area contributed by atoms with Gasteiger partial charge in [0.25, 0.3) is 5.69 Å². The number of nitro benzene ring substituents is 1. The molecule has 0 atom stereocenters. The third kappa shape index (κ3) is 7.21. The molecule has 0 amide bonds. The molecule has 2 rings (SSSR count). The van der Waals surface area contributed by atoms with E-state index < -0.39 is 10.9 Å². The van der Waals surface area contributed by atoms with Crippen LogP contribution in [0.15, 0.2) is 24.3 Å². The molecule has 142 valence electrons. The van der Waals surface area contributed by atoms with E-state index in [0.717, 1.165) is 12.8 Å². The van der Waals surface area contributed by atoms with Gasteiger partial charge in [-0.25, -0.2) is 0 Å². The maximum absolute atomic E-state index is 11.7. The highest BCUT2D eigenvalue weighted by atomic mass is 16.6. The number of esters is 2. The van der Waals surface area contributed by atoms with E-state index in [4.69, 9.17) is 9.47 Å². The molecule has 7 heteroatoms. The number of benzene rings is 1. The number of carbonyl (C=O) groups excluding carboxylic acids is 2.